The molecule has 13 heavy (non-hydrogen) atoms. The average Bonchev–Trinajstić information content (AvgIpc) is 2.08. The summed E-state index contributed by atoms with van der Waals surface area (Å²) in [5, 5.41) is 17.3. The molecule has 1 aromatic rings. The molecule has 6 heteroatoms. The van der Waals surface area contributed by atoms with Gasteiger partial charge in [0, 0.05) is 5.56 Å². The van der Waals surface area contributed by atoms with E-state index in [1.165, 1.54) is 0 Å². The summed E-state index contributed by atoms with van der Waals surface area (Å²) in [5.74, 6) is -2.22. The van der Waals surface area contributed by atoms with Gasteiger partial charge in [-0.3, -0.25) is 0 Å². The minimum atomic E-state index is -2.90. The van der Waals surface area contributed by atoms with Gasteiger partial charge in [0.05, 0.1) is 12.3 Å². The molecule has 3 nitrogen and oxygen atoms in total. The van der Waals surface area contributed by atoms with Gasteiger partial charge >= 0.3 is 0 Å². The summed E-state index contributed by atoms with van der Waals surface area (Å²) in [4.78, 5) is 2.97. The van der Waals surface area contributed by atoms with Gasteiger partial charge in [0.2, 0.25) is 0 Å². The van der Waals surface area contributed by atoms with Crippen LogP contribution in [0.3, 0.4) is 0 Å². The number of aliphatic hydroxyl groups excluding tert-OH is 1. The van der Waals surface area contributed by atoms with Crippen LogP contribution in [0, 0.1) is 5.95 Å². The Bertz CT molecular complexity index is 317. The van der Waals surface area contributed by atoms with Crippen molar-refractivity contribution in [3.63, 3.8) is 0 Å². The highest BCUT2D eigenvalue weighted by Crippen LogP contribution is 2.26. The molecular weight excluding hydrogens is 187 g/mol. The van der Waals surface area contributed by atoms with Gasteiger partial charge < -0.3 is 10.2 Å². The zero-order valence-electron chi connectivity index (χ0n) is 6.34. The van der Waals surface area contributed by atoms with Crippen molar-refractivity contribution >= 4 is 0 Å². The molecule has 0 aliphatic heterocycles. The maximum atomic E-state index is 12.5. The second-order valence-electron chi connectivity index (χ2n) is 2.29. The predicted molar refractivity (Wildman–Crippen MR) is 36.7 cm³/mol. The number of alkyl halides is 2. The van der Waals surface area contributed by atoms with Gasteiger partial charge in [0.1, 0.15) is 0 Å². The number of aromatic nitrogens is 1. The summed E-state index contributed by atoms with van der Waals surface area (Å²) in [6.07, 6.45) is -2.90. The summed E-state index contributed by atoms with van der Waals surface area (Å²) in [6, 6.07) is 0.554. The molecule has 0 unspecified atom stereocenters. The largest absolute Gasteiger partial charge is 0.504 e. The molecule has 0 bridgehead atoms. The fourth-order valence-electron chi connectivity index (χ4n) is 0.846. The van der Waals surface area contributed by atoms with E-state index < -0.39 is 36.0 Å². The third-order valence-electron chi connectivity index (χ3n) is 1.45. The smallest absolute Gasteiger partial charge is 0.265 e. The summed E-state index contributed by atoms with van der Waals surface area (Å²) in [6.45, 7) is -0.795. The monoisotopic (exact) mass is 193 g/mol. The lowest BCUT2D eigenvalue weighted by Gasteiger charge is -2.05. The van der Waals surface area contributed by atoms with Crippen LogP contribution in [0.25, 0.3) is 0 Å². The lowest BCUT2D eigenvalue weighted by atomic mass is 10.2. The van der Waals surface area contributed by atoms with Gasteiger partial charge in [0.15, 0.2) is 5.75 Å². The van der Waals surface area contributed by atoms with Gasteiger partial charge in [-0.25, -0.2) is 13.8 Å². The lowest BCUT2D eigenvalue weighted by Crippen LogP contribution is -2.00. The summed E-state index contributed by atoms with van der Waals surface area (Å²) in [7, 11) is 0. The molecule has 72 valence electrons. The van der Waals surface area contributed by atoms with Crippen LogP contribution in [-0.4, -0.2) is 15.2 Å². The van der Waals surface area contributed by atoms with Crippen LogP contribution < -0.4 is 0 Å². The molecule has 0 aliphatic carbocycles. The van der Waals surface area contributed by atoms with Crippen molar-refractivity contribution in [2.24, 2.45) is 0 Å². The maximum absolute atomic E-state index is 12.5. The van der Waals surface area contributed by atoms with Crippen molar-refractivity contribution in [1.82, 2.24) is 4.98 Å². The molecule has 0 aliphatic rings. The SMILES string of the molecule is OCc1nc(F)c(O)cc1C(F)F. The van der Waals surface area contributed by atoms with Crippen molar-refractivity contribution in [2.45, 2.75) is 13.0 Å². The first-order valence-corrected chi connectivity index (χ1v) is 3.33. The average molecular weight is 193 g/mol. The van der Waals surface area contributed by atoms with Gasteiger partial charge in [-0.05, 0) is 6.07 Å². The number of rotatable bonds is 2. The number of pyridine rings is 1. The molecule has 0 saturated heterocycles. The van der Waals surface area contributed by atoms with Gasteiger partial charge in [-0.15, -0.1) is 0 Å². The predicted octanol–water partition coefficient (Wildman–Crippen LogP) is 1.36. The van der Waals surface area contributed by atoms with E-state index in [4.69, 9.17) is 10.2 Å². The Balaban J connectivity index is 3.25. The molecule has 0 fully saturated rings. The Morgan fingerprint density at radius 2 is 2.08 bits per heavy atom. The Hall–Kier alpha value is -1.30. The minimum absolute atomic E-state index is 0.467. The Labute approximate surface area is 71.5 Å². The van der Waals surface area contributed by atoms with Crippen LogP contribution in [0.2, 0.25) is 0 Å². The van der Waals surface area contributed by atoms with E-state index in [0.29, 0.717) is 6.07 Å². The first kappa shape index (κ1) is 9.79. The van der Waals surface area contributed by atoms with E-state index in [2.05, 4.69) is 4.98 Å². The molecule has 0 aromatic carbocycles. The van der Waals surface area contributed by atoms with Crippen LogP contribution in [0.4, 0.5) is 13.2 Å². The summed E-state index contributed by atoms with van der Waals surface area (Å²) < 4.78 is 36.8. The van der Waals surface area contributed by atoms with Crippen LogP contribution >= 0.6 is 0 Å². The zero-order valence-corrected chi connectivity index (χ0v) is 6.34. The lowest BCUT2D eigenvalue weighted by molar-refractivity contribution is 0.145. The maximum Gasteiger partial charge on any atom is 0.265 e. The molecule has 1 aromatic heterocycles. The Kier molecular flexibility index (Phi) is 2.72. The zero-order chi connectivity index (χ0) is 10.0. The fourth-order valence-corrected chi connectivity index (χ4v) is 0.846. The van der Waals surface area contributed by atoms with Crippen LogP contribution in [0.15, 0.2) is 6.07 Å². The molecule has 1 rings (SSSR count). The van der Waals surface area contributed by atoms with Crippen molar-refractivity contribution in [2.75, 3.05) is 0 Å². The van der Waals surface area contributed by atoms with E-state index in [-0.39, 0.29) is 0 Å². The molecule has 0 saturated carbocycles. The molecular formula is C7H6F3NO2. The first-order chi connectivity index (χ1) is 6.06. The van der Waals surface area contributed by atoms with E-state index in [0.717, 1.165) is 0 Å². The topological polar surface area (TPSA) is 53.4 Å². The standard InChI is InChI=1S/C7H6F3NO2/c8-6(9)3-1-5(13)7(10)11-4(3)2-12/h1,6,12-13H,2H2. The number of nitrogens with zero attached hydrogens (tertiary/aromatic N) is 1. The third-order valence-corrected chi connectivity index (χ3v) is 1.45. The van der Waals surface area contributed by atoms with E-state index >= 15 is 0 Å². The second kappa shape index (κ2) is 3.61. The number of hydrogen-bond acceptors (Lipinski definition) is 3. The quantitative estimate of drug-likeness (QED) is 0.697. The van der Waals surface area contributed by atoms with Gasteiger partial charge in [0.25, 0.3) is 12.4 Å². The van der Waals surface area contributed by atoms with Crippen molar-refractivity contribution < 1.29 is 23.4 Å². The summed E-state index contributed by atoms with van der Waals surface area (Å²) in [5.41, 5.74) is -1.13. The normalized spacial score (nSPS) is 10.8. The fraction of sp³-hybridized carbons (Fsp3) is 0.286. The Morgan fingerprint density at radius 1 is 1.46 bits per heavy atom. The van der Waals surface area contributed by atoms with Gasteiger partial charge in [-0.2, -0.15) is 4.39 Å². The molecule has 0 radical (unpaired) electrons. The number of halogens is 3. The second-order valence-corrected chi connectivity index (χ2v) is 2.29. The highest BCUT2D eigenvalue weighted by molar-refractivity contribution is 5.30. The van der Waals surface area contributed by atoms with E-state index in [1.807, 2.05) is 0 Å². The van der Waals surface area contributed by atoms with Crippen LogP contribution in [0.5, 0.6) is 5.75 Å². The van der Waals surface area contributed by atoms with E-state index in [1.54, 1.807) is 0 Å². The van der Waals surface area contributed by atoms with Crippen molar-refractivity contribution in [3.05, 3.63) is 23.3 Å². The summed E-state index contributed by atoms with van der Waals surface area (Å²) >= 11 is 0. The molecule has 1 heterocycles. The highest BCUT2D eigenvalue weighted by atomic mass is 19.3. The van der Waals surface area contributed by atoms with Crippen LogP contribution in [-0.2, 0) is 6.61 Å². The van der Waals surface area contributed by atoms with Crippen molar-refractivity contribution in [3.8, 4) is 5.75 Å². The number of aromatic hydroxyl groups is 1. The highest BCUT2D eigenvalue weighted by Gasteiger charge is 2.17. The number of aliphatic hydroxyl groups is 1. The Morgan fingerprint density at radius 3 is 2.54 bits per heavy atom. The van der Waals surface area contributed by atoms with Crippen LogP contribution in [0.1, 0.15) is 17.7 Å². The molecule has 0 atom stereocenters. The van der Waals surface area contributed by atoms with Gasteiger partial charge in [-0.1, -0.05) is 0 Å². The molecule has 2 N–H and O–H groups in total. The van der Waals surface area contributed by atoms with E-state index in [9.17, 15) is 13.2 Å². The molecule has 0 spiro atoms. The minimum Gasteiger partial charge on any atom is -0.504 e. The van der Waals surface area contributed by atoms with Crippen molar-refractivity contribution in [1.29, 1.82) is 0 Å². The number of hydrogen-bond donors (Lipinski definition) is 2. The molecule has 0 amide bonds. The first-order valence-electron chi connectivity index (χ1n) is 3.33. The third kappa shape index (κ3) is 1.89.